The lowest BCUT2D eigenvalue weighted by atomic mass is 10.0. The highest BCUT2D eigenvalue weighted by Crippen LogP contribution is 2.35. The molecule has 0 spiro atoms. The molecule has 29 heavy (non-hydrogen) atoms. The van der Waals surface area contributed by atoms with Crippen LogP contribution in [0.1, 0.15) is 49.6 Å². The second-order valence-corrected chi connectivity index (χ2v) is 7.68. The molecular formula is C23H31N3O3. The third-order valence-corrected chi connectivity index (χ3v) is 5.33. The molecule has 3 rings (SSSR count). The molecule has 1 atom stereocenters. The molecule has 1 N–H and O–H groups in total. The average Bonchev–Trinajstić information content (AvgIpc) is 3.05. The van der Waals surface area contributed by atoms with E-state index in [9.17, 15) is 5.11 Å². The predicted molar refractivity (Wildman–Crippen MR) is 116 cm³/mol. The number of aryl methyl sites for hydroxylation is 2. The largest absolute Gasteiger partial charge is 0.480 e. The van der Waals surface area contributed by atoms with Gasteiger partial charge in [0, 0.05) is 19.0 Å². The van der Waals surface area contributed by atoms with Gasteiger partial charge < -0.3 is 19.1 Å². The van der Waals surface area contributed by atoms with Gasteiger partial charge in [0.2, 0.25) is 5.88 Å². The molecule has 0 bridgehead atoms. The van der Waals surface area contributed by atoms with Crippen LogP contribution in [0, 0.1) is 6.92 Å². The van der Waals surface area contributed by atoms with Crippen molar-refractivity contribution in [2.45, 2.75) is 46.1 Å². The van der Waals surface area contributed by atoms with Crippen LogP contribution in [-0.2, 0) is 11.2 Å². The maximum Gasteiger partial charge on any atom is 0.222 e. The van der Waals surface area contributed by atoms with Crippen LogP contribution < -0.4 is 4.74 Å². The molecule has 3 aromatic rings. The summed E-state index contributed by atoms with van der Waals surface area (Å²) in [5, 5.41) is 9.83. The summed E-state index contributed by atoms with van der Waals surface area (Å²) in [6.07, 6.45) is 2.86. The fourth-order valence-corrected chi connectivity index (χ4v) is 3.70. The second kappa shape index (κ2) is 8.93. The first-order chi connectivity index (χ1) is 13.9. The maximum absolute atomic E-state index is 9.83. The predicted octanol–water partition coefficient (Wildman–Crippen LogP) is 4.28. The minimum atomic E-state index is -0.143. The molecule has 0 aliphatic rings. The third-order valence-electron chi connectivity index (χ3n) is 5.33. The number of nitrogens with zero attached hydrogens (tertiary/aromatic N) is 3. The highest BCUT2D eigenvalue weighted by atomic mass is 16.5. The Labute approximate surface area is 172 Å². The molecule has 0 saturated heterocycles. The number of rotatable bonds is 8. The zero-order chi connectivity index (χ0) is 21.1. The summed E-state index contributed by atoms with van der Waals surface area (Å²) in [7, 11) is 3.30. The van der Waals surface area contributed by atoms with Gasteiger partial charge in [-0.15, -0.1) is 0 Å². The van der Waals surface area contributed by atoms with Crippen molar-refractivity contribution in [1.82, 2.24) is 14.5 Å². The number of aromatic nitrogens is 3. The highest BCUT2D eigenvalue weighted by Gasteiger charge is 2.20. The molecule has 0 aliphatic carbocycles. The third kappa shape index (κ3) is 4.00. The number of aliphatic hydroxyl groups excluding tert-OH is 1. The first-order valence-corrected chi connectivity index (χ1v) is 10.1. The fraction of sp³-hybridized carbons (Fsp3) is 0.478. The van der Waals surface area contributed by atoms with Crippen molar-refractivity contribution in [1.29, 1.82) is 0 Å². The van der Waals surface area contributed by atoms with Crippen LogP contribution in [0.3, 0.4) is 0 Å². The van der Waals surface area contributed by atoms with E-state index in [1.165, 1.54) is 0 Å². The number of ether oxygens (including phenoxy) is 2. The van der Waals surface area contributed by atoms with Crippen molar-refractivity contribution in [3.8, 4) is 17.1 Å². The Morgan fingerprint density at radius 2 is 1.93 bits per heavy atom. The number of hydrogen-bond donors (Lipinski definition) is 1. The normalized spacial score (nSPS) is 12.7. The monoisotopic (exact) mass is 397 g/mol. The van der Waals surface area contributed by atoms with Crippen LogP contribution in [-0.4, -0.2) is 47.1 Å². The summed E-state index contributed by atoms with van der Waals surface area (Å²) in [4.78, 5) is 9.73. The maximum atomic E-state index is 9.83. The van der Waals surface area contributed by atoms with Crippen molar-refractivity contribution in [3.05, 3.63) is 41.2 Å². The van der Waals surface area contributed by atoms with E-state index < -0.39 is 0 Å². The van der Waals surface area contributed by atoms with Crippen molar-refractivity contribution in [2.75, 3.05) is 27.4 Å². The molecule has 0 fully saturated rings. The van der Waals surface area contributed by atoms with Crippen LogP contribution in [0.15, 0.2) is 24.4 Å². The van der Waals surface area contributed by atoms with Crippen LogP contribution in [0.5, 0.6) is 5.88 Å². The number of methoxy groups -OCH3 is 2. The van der Waals surface area contributed by atoms with Gasteiger partial charge in [-0.1, -0.05) is 20.8 Å². The lowest BCUT2D eigenvalue weighted by Gasteiger charge is -2.18. The zero-order valence-corrected chi connectivity index (χ0v) is 18.2. The molecular weight excluding hydrogens is 366 g/mol. The van der Waals surface area contributed by atoms with E-state index >= 15 is 0 Å². The van der Waals surface area contributed by atoms with Gasteiger partial charge in [0.15, 0.2) is 0 Å². The van der Waals surface area contributed by atoms with E-state index in [0.717, 1.165) is 45.5 Å². The Bertz CT molecular complexity index is 995. The summed E-state index contributed by atoms with van der Waals surface area (Å²) in [5.74, 6) is 0.925. The Morgan fingerprint density at radius 3 is 2.52 bits per heavy atom. The van der Waals surface area contributed by atoms with Crippen molar-refractivity contribution >= 4 is 11.0 Å². The van der Waals surface area contributed by atoms with Crippen LogP contribution >= 0.6 is 0 Å². The number of fused-ring (bicyclic) bond motifs is 1. The topological polar surface area (TPSA) is 69.4 Å². The number of pyridine rings is 2. The number of hydrogen-bond acceptors (Lipinski definition) is 5. The zero-order valence-electron chi connectivity index (χ0n) is 18.2. The summed E-state index contributed by atoms with van der Waals surface area (Å²) >= 11 is 0. The van der Waals surface area contributed by atoms with Gasteiger partial charge in [-0.05, 0) is 48.6 Å². The quantitative estimate of drug-likeness (QED) is 0.614. The van der Waals surface area contributed by atoms with E-state index in [0.29, 0.717) is 18.4 Å². The molecule has 3 heterocycles. The SMILES string of the molecule is CCc1cc2c(nc1-c1ccc(C(C)C)nc1OC)c(C)cn2[C@@H](CO)COC. The van der Waals surface area contributed by atoms with Crippen LogP contribution in [0.2, 0.25) is 0 Å². The molecule has 6 nitrogen and oxygen atoms in total. The lowest BCUT2D eigenvalue weighted by Crippen LogP contribution is -2.17. The molecule has 0 amide bonds. The van der Waals surface area contributed by atoms with Gasteiger partial charge in [0.25, 0.3) is 0 Å². The highest BCUT2D eigenvalue weighted by molar-refractivity contribution is 5.85. The minimum Gasteiger partial charge on any atom is -0.480 e. The Kier molecular flexibility index (Phi) is 6.55. The van der Waals surface area contributed by atoms with E-state index in [1.807, 2.05) is 19.2 Å². The standard InChI is InChI=1S/C23H31N3O3/c1-7-16-10-20-21(15(4)11-26(20)17(12-27)13-28-5)25-22(16)18-8-9-19(14(2)3)24-23(18)29-6/h8-11,14,17,27H,7,12-13H2,1-6H3/t17-/m0/s1. The second-order valence-electron chi connectivity index (χ2n) is 7.68. The molecule has 0 aromatic carbocycles. The van der Waals surface area contributed by atoms with Crippen molar-refractivity contribution in [3.63, 3.8) is 0 Å². The van der Waals surface area contributed by atoms with Crippen LogP contribution in [0.25, 0.3) is 22.3 Å². The smallest absolute Gasteiger partial charge is 0.222 e. The van der Waals surface area contributed by atoms with Gasteiger partial charge in [0.05, 0.1) is 48.7 Å². The molecule has 6 heteroatoms. The molecule has 156 valence electrons. The first kappa shape index (κ1) is 21.3. The Balaban J connectivity index is 2.21. The van der Waals surface area contributed by atoms with Gasteiger partial charge in [-0.3, -0.25) is 0 Å². The fourth-order valence-electron chi connectivity index (χ4n) is 3.70. The molecule has 0 aliphatic heterocycles. The molecule has 0 saturated carbocycles. The van der Waals surface area contributed by atoms with Crippen LogP contribution in [0.4, 0.5) is 0 Å². The van der Waals surface area contributed by atoms with Gasteiger partial charge in [-0.25, -0.2) is 9.97 Å². The van der Waals surface area contributed by atoms with E-state index in [4.69, 9.17) is 19.4 Å². The molecule has 0 unspecified atom stereocenters. The summed E-state index contributed by atoms with van der Waals surface area (Å²) in [6.45, 7) is 8.85. The molecule has 0 radical (unpaired) electrons. The summed E-state index contributed by atoms with van der Waals surface area (Å²) < 4.78 is 13.0. The molecule has 3 aromatic heterocycles. The van der Waals surface area contributed by atoms with E-state index in [2.05, 4.69) is 37.5 Å². The van der Waals surface area contributed by atoms with Crippen molar-refractivity contribution < 1.29 is 14.6 Å². The lowest BCUT2D eigenvalue weighted by molar-refractivity contribution is 0.116. The Hall–Kier alpha value is -2.44. The summed E-state index contributed by atoms with van der Waals surface area (Å²) in [5.41, 5.74) is 6.89. The van der Waals surface area contributed by atoms with Gasteiger partial charge in [-0.2, -0.15) is 0 Å². The van der Waals surface area contributed by atoms with Crippen molar-refractivity contribution in [2.24, 2.45) is 0 Å². The first-order valence-electron chi connectivity index (χ1n) is 10.1. The van der Waals surface area contributed by atoms with E-state index in [-0.39, 0.29) is 12.6 Å². The summed E-state index contributed by atoms with van der Waals surface area (Å²) in [6, 6.07) is 6.13. The van der Waals surface area contributed by atoms with Gasteiger partial charge >= 0.3 is 0 Å². The van der Waals surface area contributed by atoms with Gasteiger partial charge in [0.1, 0.15) is 0 Å². The Morgan fingerprint density at radius 1 is 1.17 bits per heavy atom. The minimum absolute atomic E-state index is 0.00861. The van der Waals surface area contributed by atoms with E-state index in [1.54, 1.807) is 14.2 Å². The average molecular weight is 398 g/mol. The number of aliphatic hydroxyl groups is 1.